The normalized spacial score (nSPS) is 11.0. The summed E-state index contributed by atoms with van der Waals surface area (Å²) in [5.41, 5.74) is 1.79. The molecule has 3 aromatic rings. The van der Waals surface area contributed by atoms with Crippen molar-refractivity contribution < 1.29 is 9.53 Å². The minimum Gasteiger partial charge on any atom is -0.468 e. The fourth-order valence-electron chi connectivity index (χ4n) is 1.74. The average molecular weight is 305 g/mol. The van der Waals surface area contributed by atoms with Gasteiger partial charge in [0.2, 0.25) is 5.16 Å². The average Bonchev–Trinajstić information content (AvgIpc) is 3.08. The molecule has 0 N–H and O–H groups in total. The molecule has 0 aliphatic rings. The Morgan fingerprint density at radius 2 is 2.29 bits per heavy atom. The lowest BCUT2D eigenvalue weighted by atomic mass is 10.3. The number of aryl methyl sites for hydroxylation is 1. The minimum absolute atomic E-state index is 0.0435. The van der Waals surface area contributed by atoms with E-state index >= 15 is 0 Å². The van der Waals surface area contributed by atoms with E-state index in [-0.39, 0.29) is 6.54 Å². The maximum Gasteiger partial charge on any atom is 0.327 e. The fraction of sp³-hybridized carbons (Fsp3) is 0.273. The topological polar surface area (TPSA) is 100 Å². The number of tetrazole rings is 1. The summed E-state index contributed by atoms with van der Waals surface area (Å²) in [6.07, 6.45) is 1.48. The van der Waals surface area contributed by atoms with Gasteiger partial charge in [0, 0.05) is 0 Å². The van der Waals surface area contributed by atoms with Crippen LogP contribution in [0, 0.1) is 6.92 Å². The molecular formula is C11H11N7O2S. The van der Waals surface area contributed by atoms with Crippen molar-refractivity contribution in [3.8, 4) is 0 Å². The maximum absolute atomic E-state index is 11.3. The highest BCUT2D eigenvalue weighted by Gasteiger charge is 2.14. The summed E-state index contributed by atoms with van der Waals surface area (Å²) in [6.45, 7) is 1.92. The molecule has 0 aliphatic heterocycles. The summed E-state index contributed by atoms with van der Waals surface area (Å²) in [5.74, 6) is -0.417. The number of pyridine rings is 1. The monoisotopic (exact) mass is 305 g/mol. The number of carbonyl (C=O) groups excluding carboxylic acids is 1. The van der Waals surface area contributed by atoms with Crippen LogP contribution in [-0.2, 0) is 16.1 Å². The third kappa shape index (κ3) is 2.70. The van der Waals surface area contributed by atoms with Crippen LogP contribution < -0.4 is 0 Å². The van der Waals surface area contributed by atoms with Gasteiger partial charge < -0.3 is 4.74 Å². The van der Waals surface area contributed by atoms with Crippen molar-refractivity contribution >= 4 is 23.4 Å². The van der Waals surface area contributed by atoms with Gasteiger partial charge in [-0.2, -0.15) is 5.10 Å². The number of esters is 1. The van der Waals surface area contributed by atoms with Gasteiger partial charge in [0.25, 0.3) is 0 Å². The second kappa shape index (κ2) is 5.48. The number of hydrogen-bond donors (Lipinski definition) is 0. The first-order valence-electron chi connectivity index (χ1n) is 5.98. The van der Waals surface area contributed by atoms with Crippen molar-refractivity contribution in [2.75, 3.05) is 7.11 Å². The SMILES string of the molecule is COC(=O)Cn1nnnc1Sc1cc(C)cc2ncnn12. The minimum atomic E-state index is -0.417. The summed E-state index contributed by atoms with van der Waals surface area (Å²) >= 11 is 1.30. The molecule has 108 valence electrons. The molecule has 9 nitrogen and oxygen atoms in total. The first kappa shape index (κ1) is 13.5. The zero-order valence-corrected chi connectivity index (χ0v) is 12.1. The van der Waals surface area contributed by atoms with E-state index in [1.807, 2.05) is 19.1 Å². The van der Waals surface area contributed by atoms with Crippen LogP contribution in [0.5, 0.6) is 0 Å². The molecule has 10 heteroatoms. The van der Waals surface area contributed by atoms with E-state index in [4.69, 9.17) is 0 Å². The van der Waals surface area contributed by atoms with E-state index in [0.717, 1.165) is 16.2 Å². The molecule has 0 aromatic carbocycles. The Hall–Kier alpha value is -2.49. The van der Waals surface area contributed by atoms with Gasteiger partial charge in [-0.1, -0.05) is 0 Å². The van der Waals surface area contributed by atoms with Crippen molar-refractivity contribution in [2.45, 2.75) is 23.7 Å². The van der Waals surface area contributed by atoms with Crippen LogP contribution in [0.3, 0.4) is 0 Å². The Balaban J connectivity index is 1.94. The molecule has 0 atom stereocenters. The fourth-order valence-corrected chi connectivity index (χ4v) is 2.68. The van der Waals surface area contributed by atoms with Gasteiger partial charge in [-0.05, 0) is 46.8 Å². The molecule has 0 amide bonds. The standard InChI is InChI=1S/C11H11N7O2S/c1-7-3-8-12-6-13-18(8)9(4-7)21-11-14-15-16-17(11)5-10(19)20-2/h3-4,6H,5H2,1-2H3. The number of fused-ring (bicyclic) bond motifs is 1. The molecule has 0 radical (unpaired) electrons. The van der Waals surface area contributed by atoms with Crippen molar-refractivity contribution in [1.82, 2.24) is 34.8 Å². The lowest BCUT2D eigenvalue weighted by Crippen LogP contribution is -2.13. The predicted molar refractivity (Wildman–Crippen MR) is 71.7 cm³/mol. The van der Waals surface area contributed by atoms with Crippen LogP contribution in [0.4, 0.5) is 0 Å². The third-order valence-corrected chi connectivity index (χ3v) is 3.67. The first-order valence-corrected chi connectivity index (χ1v) is 6.80. The maximum atomic E-state index is 11.3. The van der Waals surface area contributed by atoms with Gasteiger partial charge in [-0.3, -0.25) is 4.79 Å². The smallest absolute Gasteiger partial charge is 0.327 e. The number of methoxy groups -OCH3 is 1. The van der Waals surface area contributed by atoms with Crippen LogP contribution in [0.1, 0.15) is 5.56 Å². The number of rotatable bonds is 4. The zero-order valence-electron chi connectivity index (χ0n) is 11.3. The highest BCUT2D eigenvalue weighted by Crippen LogP contribution is 2.26. The molecular weight excluding hydrogens is 294 g/mol. The summed E-state index contributed by atoms with van der Waals surface area (Å²) in [4.78, 5) is 15.5. The summed E-state index contributed by atoms with van der Waals surface area (Å²) < 4.78 is 7.68. The van der Waals surface area contributed by atoms with E-state index in [2.05, 4.69) is 30.3 Å². The van der Waals surface area contributed by atoms with E-state index < -0.39 is 5.97 Å². The van der Waals surface area contributed by atoms with Crippen molar-refractivity contribution in [2.24, 2.45) is 0 Å². The van der Waals surface area contributed by atoms with Gasteiger partial charge in [0.15, 0.2) is 5.65 Å². The van der Waals surface area contributed by atoms with Gasteiger partial charge in [0.05, 0.1) is 7.11 Å². The number of hydrogen-bond acceptors (Lipinski definition) is 8. The number of aromatic nitrogens is 7. The molecule has 21 heavy (non-hydrogen) atoms. The van der Waals surface area contributed by atoms with Gasteiger partial charge in [0.1, 0.15) is 17.9 Å². The second-order valence-corrected chi connectivity index (χ2v) is 5.19. The lowest BCUT2D eigenvalue weighted by molar-refractivity contribution is -0.141. The summed E-state index contributed by atoms with van der Waals surface area (Å²) in [7, 11) is 1.32. The molecule has 0 aliphatic carbocycles. The Kier molecular flexibility index (Phi) is 3.52. The van der Waals surface area contributed by atoms with Gasteiger partial charge >= 0.3 is 5.97 Å². The van der Waals surface area contributed by atoms with Gasteiger partial charge in [-0.15, -0.1) is 5.10 Å². The number of nitrogens with zero attached hydrogens (tertiary/aromatic N) is 7. The highest BCUT2D eigenvalue weighted by molar-refractivity contribution is 7.99. The van der Waals surface area contributed by atoms with Crippen LogP contribution in [0.25, 0.3) is 5.65 Å². The van der Waals surface area contributed by atoms with Crippen LogP contribution in [0.2, 0.25) is 0 Å². The summed E-state index contributed by atoms with van der Waals surface area (Å²) in [6, 6.07) is 3.87. The van der Waals surface area contributed by atoms with Gasteiger partial charge in [-0.25, -0.2) is 14.2 Å². The Morgan fingerprint density at radius 1 is 1.43 bits per heavy atom. The Labute approximate surface area is 123 Å². The molecule has 3 rings (SSSR count). The molecule has 0 fully saturated rings. The third-order valence-electron chi connectivity index (χ3n) is 2.69. The Bertz CT molecular complexity index is 797. The predicted octanol–water partition coefficient (Wildman–Crippen LogP) is 0.348. The van der Waals surface area contributed by atoms with E-state index in [9.17, 15) is 4.79 Å². The highest BCUT2D eigenvalue weighted by atomic mass is 32.2. The van der Waals surface area contributed by atoms with E-state index in [0.29, 0.717) is 5.16 Å². The number of carbonyl (C=O) groups is 1. The van der Waals surface area contributed by atoms with Crippen LogP contribution >= 0.6 is 11.8 Å². The van der Waals surface area contributed by atoms with E-state index in [1.165, 1.54) is 29.9 Å². The molecule has 0 saturated carbocycles. The Morgan fingerprint density at radius 3 is 3.10 bits per heavy atom. The number of ether oxygens (including phenoxy) is 1. The van der Waals surface area contributed by atoms with Crippen molar-refractivity contribution in [1.29, 1.82) is 0 Å². The van der Waals surface area contributed by atoms with Crippen LogP contribution in [0.15, 0.2) is 28.6 Å². The molecule has 0 spiro atoms. The quantitative estimate of drug-likeness (QED) is 0.636. The molecule has 0 bridgehead atoms. The molecule has 0 saturated heterocycles. The largest absolute Gasteiger partial charge is 0.468 e. The summed E-state index contributed by atoms with van der Waals surface area (Å²) in [5, 5.41) is 16.7. The van der Waals surface area contributed by atoms with Crippen molar-refractivity contribution in [3.05, 3.63) is 24.0 Å². The van der Waals surface area contributed by atoms with E-state index in [1.54, 1.807) is 4.52 Å². The molecule has 3 heterocycles. The lowest BCUT2D eigenvalue weighted by Gasteiger charge is -2.05. The molecule has 0 unspecified atom stereocenters. The van der Waals surface area contributed by atoms with Crippen molar-refractivity contribution in [3.63, 3.8) is 0 Å². The molecule has 3 aromatic heterocycles. The van der Waals surface area contributed by atoms with Crippen LogP contribution in [-0.4, -0.2) is 47.9 Å². The first-order chi connectivity index (χ1) is 10.2. The second-order valence-electron chi connectivity index (χ2n) is 4.20. The zero-order chi connectivity index (χ0) is 14.8.